The molecule has 1 aromatic carbocycles. The Morgan fingerprint density at radius 3 is 2.71 bits per heavy atom. The third-order valence-electron chi connectivity index (χ3n) is 3.65. The van der Waals surface area contributed by atoms with Crippen LogP contribution in [-0.2, 0) is 0 Å². The Kier molecular flexibility index (Phi) is 4.08. The number of benzene rings is 1. The standard InChI is InChI=1S/C18H15N5O/c1-11-12(2)22-17(21-11)14-4-3-5-15(8-14)23-18(24)16-7-6-13(9-19)10-20-16/h3-8,10H,1-2H3,(H,21,22)(H,23,24). The Morgan fingerprint density at radius 1 is 1.25 bits per heavy atom. The highest BCUT2D eigenvalue weighted by Gasteiger charge is 2.10. The van der Waals surface area contributed by atoms with Crippen LogP contribution in [0.3, 0.4) is 0 Å². The molecule has 2 heterocycles. The number of anilines is 1. The number of pyridine rings is 1. The second kappa shape index (κ2) is 6.34. The lowest BCUT2D eigenvalue weighted by Crippen LogP contribution is -2.13. The number of aryl methyl sites for hydroxylation is 2. The Hall–Kier alpha value is -3.46. The lowest BCUT2D eigenvalue weighted by atomic mass is 10.2. The summed E-state index contributed by atoms with van der Waals surface area (Å²) in [4.78, 5) is 23.9. The van der Waals surface area contributed by atoms with Crippen molar-refractivity contribution >= 4 is 11.6 Å². The van der Waals surface area contributed by atoms with Crippen LogP contribution in [-0.4, -0.2) is 20.9 Å². The Bertz CT molecular complexity index is 915. The molecule has 0 bridgehead atoms. The van der Waals surface area contributed by atoms with Crippen molar-refractivity contribution in [1.29, 1.82) is 5.26 Å². The fraction of sp³-hybridized carbons (Fsp3) is 0.111. The molecule has 0 aliphatic rings. The molecule has 0 saturated carbocycles. The summed E-state index contributed by atoms with van der Waals surface area (Å²) in [6, 6.07) is 12.5. The number of H-pyrrole nitrogens is 1. The minimum Gasteiger partial charge on any atom is -0.342 e. The maximum Gasteiger partial charge on any atom is 0.274 e. The van der Waals surface area contributed by atoms with E-state index in [4.69, 9.17) is 5.26 Å². The minimum atomic E-state index is -0.330. The van der Waals surface area contributed by atoms with Gasteiger partial charge in [0.25, 0.3) is 5.91 Å². The van der Waals surface area contributed by atoms with Crippen LogP contribution in [0.2, 0.25) is 0 Å². The topological polar surface area (TPSA) is 94.5 Å². The van der Waals surface area contributed by atoms with Gasteiger partial charge in [0.15, 0.2) is 0 Å². The van der Waals surface area contributed by atoms with Gasteiger partial charge in [-0.1, -0.05) is 12.1 Å². The quantitative estimate of drug-likeness (QED) is 0.775. The van der Waals surface area contributed by atoms with Gasteiger partial charge in [0.1, 0.15) is 17.6 Å². The van der Waals surface area contributed by atoms with Gasteiger partial charge in [0.2, 0.25) is 0 Å². The molecule has 118 valence electrons. The van der Waals surface area contributed by atoms with Crippen LogP contribution in [0.4, 0.5) is 5.69 Å². The summed E-state index contributed by atoms with van der Waals surface area (Å²) in [5.41, 5.74) is 4.16. The highest BCUT2D eigenvalue weighted by molar-refractivity contribution is 6.03. The molecule has 0 aliphatic carbocycles. The summed E-state index contributed by atoms with van der Waals surface area (Å²) in [7, 11) is 0. The van der Waals surface area contributed by atoms with Crippen molar-refractivity contribution in [3.63, 3.8) is 0 Å². The van der Waals surface area contributed by atoms with E-state index in [2.05, 4.69) is 20.3 Å². The van der Waals surface area contributed by atoms with Crippen LogP contribution in [0.25, 0.3) is 11.4 Å². The van der Waals surface area contributed by atoms with Gasteiger partial charge in [-0.15, -0.1) is 0 Å². The van der Waals surface area contributed by atoms with Crippen molar-refractivity contribution in [3.8, 4) is 17.5 Å². The van der Waals surface area contributed by atoms with E-state index in [1.165, 1.54) is 12.3 Å². The highest BCUT2D eigenvalue weighted by Crippen LogP contribution is 2.21. The number of carbonyl (C=O) groups is 1. The summed E-state index contributed by atoms with van der Waals surface area (Å²) >= 11 is 0. The van der Waals surface area contributed by atoms with Crippen LogP contribution >= 0.6 is 0 Å². The Morgan fingerprint density at radius 2 is 2.08 bits per heavy atom. The van der Waals surface area contributed by atoms with Gasteiger partial charge in [0.05, 0.1) is 11.3 Å². The second-order valence-corrected chi connectivity index (χ2v) is 5.37. The van der Waals surface area contributed by atoms with Gasteiger partial charge >= 0.3 is 0 Å². The monoisotopic (exact) mass is 317 g/mol. The summed E-state index contributed by atoms with van der Waals surface area (Å²) in [6.45, 7) is 3.91. The fourth-order valence-corrected chi connectivity index (χ4v) is 2.22. The predicted octanol–water partition coefficient (Wildman–Crippen LogP) is 3.21. The number of hydrogen-bond donors (Lipinski definition) is 2. The van der Waals surface area contributed by atoms with Gasteiger partial charge in [-0.05, 0) is 38.1 Å². The van der Waals surface area contributed by atoms with Gasteiger partial charge < -0.3 is 10.3 Å². The summed E-state index contributed by atoms with van der Waals surface area (Å²) < 4.78 is 0. The van der Waals surface area contributed by atoms with E-state index in [0.29, 0.717) is 11.3 Å². The third kappa shape index (κ3) is 3.15. The molecule has 0 spiro atoms. The van der Waals surface area contributed by atoms with Crippen molar-refractivity contribution in [1.82, 2.24) is 15.0 Å². The van der Waals surface area contributed by atoms with Crippen molar-refractivity contribution in [2.45, 2.75) is 13.8 Å². The number of hydrogen-bond acceptors (Lipinski definition) is 4. The first-order chi connectivity index (χ1) is 11.6. The van der Waals surface area contributed by atoms with Crippen LogP contribution in [0.1, 0.15) is 27.4 Å². The molecule has 3 rings (SSSR count). The van der Waals surface area contributed by atoms with E-state index in [1.807, 2.05) is 38.1 Å². The van der Waals surface area contributed by atoms with E-state index in [0.717, 1.165) is 22.8 Å². The number of aromatic nitrogens is 3. The molecule has 0 radical (unpaired) electrons. The SMILES string of the molecule is Cc1nc(-c2cccc(NC(=O)c3ccc(C#N)cn3)c2)[nH]c1C. The largest absolute Gasteiger partial charge is 0.342 e. The minimum absolute atomic E-state index is 0.254. The van der Waals surface area contributed by atoms with E-state index >= 15 is 0 Å². The van der Waals surface area contributed by atoms with Crippen LogP contribution < -0.4 is 5.32 Å². The Labute approximate surface area is 139 Å². The number of nitriles is 1. The predicted molar refractivity (Wildman–Crippen MR) is 90.4 cm³/mol. The van der Waals surface area contributed by atoms with Crippen molar-refractivity contribution in [2.75, 3.05) is 5.32 Å². The molecule has 0 unspecified atom stereocenters. The van der Waals surface area contributed by atoms with E-state index in [-0.39, 0.29) is 11.6 Å². The Balaban J connectivity index is 1.81. The summed E-state index contributed by atoms with van der Waals surface area (Å²) in [6.07, 6.45) is 1.37. The average Bonchev–Trinajstić information content (AvgIpc) is 2.94. The fourth-order valence-electron chi connectivity index (χ4n) is 2.22. The number of imidazole rings is 1. The lowest BCUT2D eigenvalue weighted by Gasteiger charge is -2.06. The molecule has 0 saturated heterocycles. The smallest absolute Gasteiger partial charge is 0.274 e. The molecule has 6 heteroatoms. The highest BCUT2D eigenvalue weighted by atomic mass is 16.1. The van der Waals surface area contributed by atoms with Crippen LogP contribution in [0, 0.1) is 25.2 Å². The normalized spacial score (nSPS) is 10.2. The number of nitrogens with one attached hydrogen (secondary N) is 2. The first-order valence-corrected chi connectivity index (χ1v) is 7.38. The molecular formula is C18H15N5O. The molecular weight excluding hydrogens is 302 g/mol. The molecule has 0 fully saturated rings. The molecule has 2 N–H and O–H groups in total. The van der Waals surface area contributed by atoms with Gasteiger partial charge in [0, 0.05) is 23.1 Å². The summed E-state index contributed by atoms with van der Waals surface area (Å²) in [5, 5.41) is 11.6. The summed E-state index contributed by atoms with van der Waals surface area (Å²) in [5.74, 6) is 0.432. The van der Waals surface area contributed by atoms with E-state index in [9.17, 15) is 4.79 Å². The van der Waals surface area contributed by atoms with Gasteiger partial charge in [-0.2, -0.15) is 5.26 Å². The number of aromatic amines is 1. The molecule has 1 amide bonds. The first-order valence-electron chi connectivity index (χ1n) is 7.38. The van der Waals surface area contributed by atoms with Gasteiger partial charge in [-0.25, -0.2) is 9.97 Å². The molecule has 6 nitrogen and oxygen atoms in total. The zero-order chi connectivity index (χ0) is 17.1. The maximum absolute atomic E-state index is 12.2. The second-order valence-electron chi connectivity index (χ2n) is 5.37. The van der Waals surface area contributed by atoms with E-state index in [1.54, 1.807) is 12.1 Å². The number of nitrogens with zero attached hydrogens (tertiary/aromatic N) is 3. The average molecular weight is 317 g/mol. The van der Waals surface area contributed by atoms with Crippen molar-refractivity contribution < 1.29 is 4.79 Å². The van der Waals surface area contributed by atoms with Crippen LogP contribution in [0.5, 0.6) is 0 Å². The third-order valence-corrected chi connectivity index (χ3v) is 3.65. The van der Waals surface area contributed by atoms with Gasteiger partial charge in [-0.3, -0.25) is 4.79 Å². The number of amides is 1. The molecule has 24 heavy (non-hydrogen) atoms. The zero-order valence-corrected chi connectivity index (χ0v) is 13.3. The van der Waals surface area contributed by atoms with E-state index < -0.39 is 0 Å². The van der Waals surface area contributed by atoms with Crippen molar-refractivity contribution in [2.24, 2.45) is 0 Å². The lowest BCUT2D eigenvalue weighted by molar-refractivity contribution is 0.102. The van der Waals surface area contributed by atoms with Crippen molar-refractivity contribution in [3.05, 3.63) is 65.2 Å². The zero-order valence-electron chi connectivity index (χ0n) is 13.3. The molecule has 0 aliphatic heterocycles. The molecule has 2 aromatic heterocycles. The van der Waals surface area contributed by atoms with Crippen LogP contribution in [0.15, 0.2) is 42.6 Å². The first kappa shape index (κ1) is 15.4. The maximum atomic E-state index is 12.2. The molecule has 3 aromatic rings. The number of rotatable bonds is 3. The molecule has 0 atom stereocenters. The number of carbonyl (C=O) groups excluding carboxylic acids is 1.